The molecule has 4 nitrogen and oxygen atoms in total. The summed E-state index contributed by atoms with van der Waals surface area (Å²) < 4.78 is 2.06. The van der Waals surface area contributed by atoms with Crippen LogP contribution in [0.15, 0.2) is 41.5 Å². The predicted octanol–water partition coefficient (Wildman–Crippen LogP) is 3.38. The van der Waals surface area contributed by atoms with Gasteiger partial charge in [-0.2, -0.15) is 0 Å². The molecule has 0 saturated heterocycles. The largest absolute Gasteiger partial charge is 0.336 e. The highest BCUT2D eigenvalue weighted by molar-refractivity contribution is 7.10. The van der Waals surface area contributed by atoms with Crippen molar-refractivity contribution in [3.63, 3.8) is 0 Å². The molecule has 3 rings (SSSR count). The van der Waals surface area contributed by atoms with Gasteiger partial charge in [-0.05, 0) is 18.4 Å². The van der Waals surface area contributed by atoms with E-state index in [2.05, 4.69) is 44.3 Å². The van der Waals surface area contributed by atoms with E-state index in [1.54, 1.807) is 22.7 Å². The summed E-state index contributed by atoms with van der Waals surface area (Å²) in [5, 5.41) is 8.84. The fourth-order valence-electron chi connectivity index (χ4n) is 2.16. The molecule has 0 amide bonds. The Morgan fingerprint density at radius 2 is 2.10 bits per heavy atom. The molecule has 0 aliphatic heterocycles. The van der Waals surface area contributed by atoms with Gasteiger partial charge in [-0.3, -0.25) is 5.32 Å². The Labute approximate surface area is 126 Å². The first-order valence-electron chi connectivity index (χ1n) is 6.42. The molecule has 3 aromatic heterocycles. The first-order valence-corrected chi connectivity index (χ1v) is 8.17. The molecule has 0 bridgehead atoms. The van der Waals surface area contributed by atoms with Crippen LogP contribution in [0.3, 0.4) is 0 Å². The summed E-state index contributed by atoms with van der Waals surface area (Å²) in [6, 6.07) is 4.50. The van der Waals surface area contributed by atoms with Crippen LogP contribution in [0.5, 0.6) is 0 Å². The average Bonchev–Trinajstić information content (AvgIpc) is 3.18. The van der Waals surface area contributed by atoms with Gasteiger partial charge in [0.05, 0.1) is 6.04 Å². The Bertz CT molecular complexity index is 643. The van der Waals surface area contributed by atoms with Gasteiger partial charge in [0.1, 0.15) is 16.9 Å². The van der Waals surface area contributed by atoms with E-state index in [0.717, 1.165) is 10.8 Å². The highest BCUT2D eigenvalue weighted by Crippen LogP contribution is 2.28. The van der Waals surface area contributed by atoms with Crippen molar-refractivity contribution in [3.8, 4) is 0 Å². The van der Waals surface area contributed by atoms with Crippen LogP contribution in [0.25, 0.3) is 0 Å². The van der Waals surface area contributed by atoms with Crippen molar-refractivity contribution in [1.29, 1.82) is 0 Å². The third kappa shape index (κ3) is 2.67. The zero-order chi connectivity index (χ0) is 13.9. The van der Waals surface area contributed by atoms with E-state index in [9.17, 15) is 0 Å². The third-order valence-electron chi connectivity index (χ3n) is 3.18. The summed E-state index contributed by atoms with van der Waals surface area (Å²) in [6.45, 7) is 2.14. The van der Waals surface area contributed by atoms with Crippen molar-refractivity contribution in [3.05, 3.63) is 57.2 Å². The normalized spacial score (nSPS) is 14.3. The van der Waals surface area contributed by atoms with Crippen LogP contribution in [0.2, 0.25) is 0 Å². The van der Waals surface area contributed by atoms with E-state index in [0.29, 0.717) is 0 Å². The van der Waals surface area contributed by atoms with Crippen molar-refractivity contribution in [2.45, 2.75) is 19.0 Å². The molecule has 0 aromatic carbocycles. The summed E-state index contributed by atoms with van der Waals surface area (Å²) in [5.74, 6) is 1.02. The van der Waals surface area contributed by atoms with Crippen molar-refractivity contribution >= 4 is 22.7 Å². The maximum atomic E-state index is 4.50. The summed E-state index contributed by atoms with van der Waals surface area (Å²) in [4.78, 5) is 10.1. The lowest BCUT2D eigenvalue weighted by atomic mass is 10.2. The molecule has 2 unspecified atom stereocenters. The smallest absolute Gasteiger partial charge is 0.131 e. The Hall–Kier alpha value is -1.50. The molecule has 3 heterocycles. The molecule has 0 saturated carbocycles. The quantitative estimate of drug-likeness (QED) is 0.786. The lowest BCUT2D eigenvalue weighted by molar-refractivity contribution is 0.492. The highest BCUT2D eigenvalue weighted by Gasteiger charge is 2.22. The van der Waals surface area contributed by atoms with Crippen molar-refractivity contribution in [2.24, 2.45) is 7.05 Å². The molecular weight excluding hydrogens is 288 g/mol. The minimum absolute atomic E-state index is 0.0916. The van der Waals surface area contributed by atoms with Gasteiger partial charge < -0.3 is 4.57 Å². The highest BCUT2D eigenvalue weighted by atomic mass is 32.1. The predicted molar refractivity (Wildman–Crippen MR) is 83.0 cm³/mol. The minimum Gasteiger partial charge on any atom is -0.336 e. The van der Waals surface area contributed by atoms with E-state index in [1.807, 2.05) is 31.0 Å². The minimum atomic E-state index is 0.0916. The number of imidazole rings is 1. The number of thiazole rings is 1. The van der Waals surface area contributed by atoms with Crippen LogP contribution in [-0.2, 0) is 7.05 Å². The van der Waals surface area contributed by atoms with Gasteiger partial charge in [0.15, 0.2) is 0 Å². The zero-order valence-electron chi connectivity index (χ0n) is 11.4. The number of thiophene rings is 1. The van der Waals surface area contributed by atoms with Crippen molar-refractivity contribution < 1.29 is 0 Å². The maximum Gasteiger partial charge on any atom is 0.131 e. The Morgan fingerprint density at radius 3 is 2.70 bits per heavy atom. The van der Waals surface area contributed by atoms with E-state index >= 15 is 0 Å². The fourth-order valence-corrected chi connectivity index (χ4v) is 3.60. The number of nitrogens with one attached hydrogen (secondary N) is 1. The van der Waals surface area contributed by atoms with E-state index in [-0.39, 0.29) is 12.1 Å². The zero-order valence-corrected chi connectivity index (χ0v) is 13.0. The second kappa shape index (κ2) is 5.87. The SMILES string of the molecule is CC(NC(c1cccs1)c1nccn1C)c1nccs1. The lowest BCUT2D eigenvalue weighted by Crippen LogP contribution is -2.27. The number of aromatic nitrogens is 3. The summed E-state index contributed by atoms with van der Waals surface area (Å²) in [6.07, 6.45) is 5.66. The second-order valence-corrected chi connectivity index (χ2v) is 6.51. The van der Waals surface area contributed by atoms with Gasteiger partial charge in [0, 0.05) is 35.9 Å². The molecule has 2 atom stereocenters. The number of rotatable bonds is 5. The molecule has 0 aliphatic carbocycles. The Balaban J connectivity index is 1.89. The van der Waals surface area contributed by atoms with Crippen LogP contribution in [0.4, 0.5) is 0 Å². The summed E-state index contributed by atoms with van der Waals surface area (Å²) in [5.41, 5.74) is 0. The van der Waals surface area contributed by atoms with Gasteiger partial charge >= 0.3 is 0 Å². The molecule has 1 N–H and O–H groups in total. The first-order chi connectivity index (χ1) is 9.75. The molecule has 104 valence electrons. The molecule has 0 aliphatic rings. The van der Waals surface area contributed by atoms with Crippen molar-refractivity contribution in [2.75, 3.05) is 0 Å². The van der Waals surface area contributed by atoms with Gasteiger partial charge in [0.2, 0.25) is 0 Å². The monoisotopic (exact) mass is 304 g/mol. The van der Waals surface area contributed by atoms with E-state index < -0.39 is 0 Å². The van der Waals surface area contributed by atoms with Crippen molar-refractivity contribution in [1.82, 2.24) is 19.9 Å². The number of hydrogen-bond acceptors (Lipinski definition) is 5. The molecule has 0 fully saturated rings. The van der Waals surface area contributed by atoms with Crippen LogP contribution < -0.4 is 5.32 Å². The van der Waals surface area contributed by atoms with Gasteiger partial charge in [-0.1, -0.05) is 6.07 Å². The Morgan fingerprint density at radius 1 is 1.20 bits per heavy atom. The first kappa shape index (κ1) is 13.5. The second-order valence-electron chi connectivity index (χ2n) is 4.60. The lowest BCUT2D eigenvalue weighted by Gasteiger charge is -2.21. The van der Waals surface area contributed by atoms with Crippen LogP contribution >= 0.6 is 22.7 Å². The number of aryl methyl sites for hydroxylation is 1. The third-order valence-corrected chi connectivity index (χ3v) is 5.08. The molecule has 20 heavy (non-hydrogen) atoms. The maximum absolute atomic E-state index is 4.50. The summed E-state index contributed by atoms with van der Waals surface area (Å²) in [7, 11) is 2.03. The van der Waals surface area contributed by atoms with Crippen LogP contribution in [0, 0.1) is 0 Å². The number of hydrogen-bond donors (Lipinski definition) is 1. The molecule has 3 aromatic rings. The summed E-state index contributed by atoms with van der Waals surface area (Å²) >= 11 is 3.42. The Kier molecular flexibility index (Phi) is 3.95. The molecule has 0 radical (unpaired) electrons. The molecular formula is C14H16N4S2. The van der Waals surface area contributed by atoms with Crippen LogP contribution in [0.1, 0.15) is 34.7 Å². The van der Waals surface area contributed by atoms with E-state index in [4.69, 9.17) is 0 Å². The van der Waals surface area contributed by atoms with Gasteiger partial charge in [-0.15, -0.1) is 22.7 Å². The van der Waals surface area contributed by atoms with Gasteiger partial charge in [-0.25, -0.2) is 9.97 Å². The van der Waals surface area contributed by atoms with Gasteiger partial charge in [0.25, 0.3) is 0 Å². The standard InChI is InChI=1S/C14H16N4S2/c1-10(14-16-6-9-20-14)17-12(11-4-3-8-19-11)13-15-5-7-18(13)2/h3-10,12,17H,1-2H3. The number of nitrogens with zero attached hydrogens (tertiary/aromatic N) is 3. The topological polar surface area (TPSA) is 42.7 Å². The molecule has 0 spiro atoms. The molecule has 6 heteroatoms. The van der Waals surface area contributed by atoms with E-state index in [1.165, 1.54) is 4.88 Å². The van der Waals surface area contributed by atoms with Crippen LogP contribution in [-0.4, -0.2) is 14.5 Å². The fraction of sp³-hybridized carbons (Fsp3) is 0.286. The average molecular weight is 304 g/mol.